The van der Waals surface area contributed by atoms with E-state index in [0.29, 0.717) is 94.7 Å². The molecule has 18 aliphatic rings. The van der Waals surface area contributed by atoms with Crippen LogP contribution in [0.25, 0.3) is 90.9 Å². The van der Waals surface area contributed by atoms with Crippen molar-refractivity contribution in [3.05, 3.63) is 160 Å². The Hall–Kier alpha value is -6.52. The molecule has 5 heterocycles. The first-order valence-electron chi connectivity index (χ1n) is 36.5. The zero-order valence-electron chi connectivity index (χ0n) is 51.0. The third kappa shape index (κ3) is 5.68. The Kier molecular flexibility index (Phi) is 8.70. The second-order valence-electron chi connectivity index (χ2n) is 33.2. The number of hydrogen-bond donors (Lipinski definition) is 2. The number of nitrogens with one attached hydrogen (secondary N) is 2. The van der Waals surface area contributed by atoms with Gasteiger partial charge in [0.05, 0.1) is 22.8 Å². The number of benzene rings is 4. The third-order valence-corrected chi connectivity index (χ3v) is 29.9. The Morgan fingerprint density at radius 2 is 0.409 bits per heavy atom. The van der Waals surface area contributed by atoms with Crippen molar-refractivity contribution in [3.63, 3.8) is 0 Å². The summed E-state index contributed by atoms with van der Waals surface area (Å²) in [5, 5.41) is 0. The molecule has 16 unspecified atom stereocenters. The molecule has 8 fully saturated rings. The lowest BCUT2D eigenvalue weighted by Crippen LogP contribution is -2.10. The van der Waals surface area contributed by atoms with Gasteiger partial charge in [0.15, 0.2) is 0 Å². The van der Waals surface area contributed by atoms with Gasteiger partial charge in [-0.15, -0.1) is 0 Å². The van der Waals surface area contributed by atoms with Crippen molar-refractivity contribution >= 4 is 46.4 Å². The van der Waals surface area contributed by atoms with E-state index >= 15 is 0 Å². The van der Waals surface area contributed by atoms with Gasteiger partial charge in [-0.1, -0.05) is 24.3 Å². The maximum absolute atomic E-state index is 6.38. The second kappa shape index (κ2) is 16.1. The van der Waals surface area contributed by atoms with E-state index in [-0.39, 0.29) is 0 Å². The number of nitrogens with zero attached hydrogens (tertiary/aromatic N) is 2. The van der Waals surface area contributed by atoms with Crippen LogP contribution in [-0.2, 0) is 0 Å². The van der Waals surface area contributed by atoms with E-state index in [0.717, 1.165) is 11.4 Å². The van der Waals surface area contributed by atoms with Gasteiger partial charge >= 0.3 is 0 Å². The molecule has 4 heteroatoms. The molecule has 3 aromatic heterocycles. The van der Waals surface area contributed by atoms with Crippen molar-refractivity contribution in [1.29, 1.82) is 0 Å². The Balaban J connectivity index is 0.871. The van der Waals surface area contributed by atoms with Crippen LogP contribution in [0.4, 0.5) is 0 Å². The van der Waals surface area contributed by atoms with Crippen molar-refractivity contribution in [3.8, 4) is 44.5 Å². The van der Waals surface area contributed by atoms with Gasteiger partial charge in [0.1, 0.15) is 0 Å². The Morgan fingerprint density at radius 3 is 0.659 bits per heavy atom. The number of H-pyrrole nitrogens is 2. The van der Waals surface area contributed by atoms with Crippen LogP contribution in [-0.4, -0.2) is 19.9 Å². The minimum absolute atomic E-state index is 0.624. The molecule has 0 spiro atoms. The van der Waals surface area contributed by atoms with Gasteiger partial charge in [0, 0.05) is 44.3 Å². The molecule has 25 rings (SSSR count). The first-order valence-corrected chi connectivity index (χ1v) is 36.5. The van der Waals surface area contributed by atoms with Crippen molar-refractivity contribution in [2.45, 2.75) is 249 Å². The molecular formula is C84H78N4. The number of aromatic amines is 2. The standard InChI is InChI=1S/C84H78N4/c1-9-45-25-37(1)53-33-54-38-2-10-46(26-38)70(54)81(69(45)53)77-61-17-19-63(85-61)78(82-71-47-11-3-39(27-47)55(71)34-56-40-4-12-48(28-40)72(56)82)65-21-23-67(87-65)80(84-75-51-15-7-43(31-51)59(75)36-60-44-8-16-52(32-44)76(60)84)68-24-22-66(88-68)79(64-20-18-62(77)86-64)83-73-49-13-5-41(29-49)57(73)35-58-42-6-14-50(30-42)74(58)83/h17-24,33-52,85-86H,1-16,25-32H2. The number of fused-ring (bicyclic) bond motifs is 48. The fourth-order valence-corrected chi connectivity index (χ4v) is 26.8. The Bertz CT molecular complexity index is 4420. The minimum Gasteiger partial charge on any atom is -0.354 e. The van der Waals surface area contributed by atoms with E-state index in [4.69, 9.17) is 9.97 Å². The molecule has 0 amide bonds. The summed E-state index contributed by atoms with van der Waals surface area (Å²) < 4.78 is 0. The SMILES string of the molecule is C1=Cc2nc1c(-c1c3c(cc4c1C1CCC4C1)C1CCC3C1)c1nc(c(-c3c4c(cc5c3C3CCC5C3)C3CCC4C3)c3ccc([nH]3)c(-c3c4c(cc5c3C3CCC5C3)C3CCC4C3)c3ccc([nH]3)c2-c2c3c(cc4c2C2CCC4C2)C2CCC3C2)C=C1. The summed E-state index contributed by atoms with van der Waals surface area (Å²) in [6.07, 6.45) is 42.3. The van der Waals surface area contributed by atoms with Crippen LogP contribution >= 0.6 is 0 Å². The first-order chi connectivity index (χ1) is 43.5. The summed E-state index contributed by atoms with van der Waals surface area (Å²) in [6, 6.07) is 21.5. The number of rotatable bonds is 4. The molecule has 4 aromatic carbocycles. The lowest BCUT2D eigenvalue weighted by atomic mass is 9.76. The summed E-state index contributed by atoms with van der Waals surface area (Å²) in [6.45, 7) is 0. The normalized spacial score (nSPS) is 34.5. The summed E-state index contributed by atoms with van der Waals surface area (Å²) in [5.41, 5.74) is 49.4. The predicted octanol–water partition coefficient (Wildman–Crippen LogP) is 22.2. The van der Waals surface area contributed by atoms with Crippen LogP contribution in [0.1, 0.15) is 361 Å². The van der Waals surface area contributed by atoms with Crippen molar-refractivity contribution in [2.75, 3.05) is 0 Å². The predicted molar refractivity (Wildman–Crippen MR) is 355 cm³/mol. The summed E-state index contributed by atoms with van der Waals surface area (Å²) in [5.74, 6) is 10.6. The molecular weight excluding hydrogens is 1060 g/mol. The van der Waals surface area contributed by atoms with E-state index < -0.39 is 0 Å². The zero-order chi connectivity index (χ0) is 56.0. The van der Waals surface area contributed by atoms with E-state index in [2.05, 4.69) is 82.8 Å². The Labute approximate surface area is 517 Å². The molecule has 434 valence electrons. The monoisotopic (exact) mass is 1140 g/mol. The zero-order valence-corrected chi connectivity index (χ0v) is 51.0. The van der Waals surface area contributed by atoms with E-state index in [1.54, 1.807) is 111 Å². The molecule has 2 aliphatic heterocycles. The van der Waals surface area contributed by atoms with Crippen LogP contribution in [0.5, 0.6) is 0 Å². The smallest absolute Gasteiger partial charge is 0.0738 e. The van der Waals surface area contributed by atoms with Crippen molar-refractivity contribution in [1.82, 2.24) is 19.9 Å². The molecule has 4 nitrogen and oxygen atoms in total. The maximum atomic E-state index is 6.38. The van der Waals surface area contributed by atoms with Crippen LogP contribution in [0.15, 0.2) is 48.5 Å². The fourth-order valence-electron chi connectivity index (χ4n) is 26.8. The largest absolute Gasteiger partial charge is 0.354 e. The molecule has 7 aromatic rings. The molecule has 2 N–H and O–H groups in total. The van der Waals surface area contributed by atoms with Crippen molar-refractivity contribution < 1.29 is 0 Å². The highest BCUT2D eigenvalue weighted by Gasteiger charge is 2.52. The second-order valence-corrected chi connectivity index (χ2v) is 33.2. The fraction of sp³-hybridized carbons (Fsp3) is 0.476. The molecule has 8 saturated carbocycles. The molecule has 16 atom stereocenters. The van der Waals surface area contributed by atoms with Gasteiger partial charge in [-0.05, 0) is 409 Å². The average molecular weight is 1140 g/mol. The first kappa shape index (κ1) is 47.4. The van der Waals surface area contributed by atoms with Crippen LogP contribution in [0, 0.1) is 0 Å². The number of aromatic nitrogens is 4. The van der Waals surface area contributed by atoms with Crippen molar-refractivity contribution in [2.24, 2.45) is 0 Å². The minimum atomic E-state index is 0.624. The summed E-state index contributed by atoms with van der Waals surface area (Å²) in [4.78, 5) is 21.9. The molecule has 0 saturated heterocycles. The van der Waals surface area contributed by atoms with Gasteiger partial charge in [0.25, 0.3) is 0 Å². The summed E-state index contributed by atoms with van der Waals surface area (Å²) in [7, 11) is 0. The highest BCUT2D eigenvalue weighted by atomic mass is 14.8. The lowest BCUT2D eigenvalue weighted by Gasteiger charge is -2.28. The van der Waals surface area contributed by atoms with E-state index in [1.807, 2.05) is 0 Å². The van der Waals surface area contributed by atoms with Gasteiger partial charge in [-0.2, -0.15) is 0 Å². The van der Waals surface area contributed by atoms with Crippen LogP contribution in [0.2, 0.25) is 0 Å². The highest BCUT2D eigenvalue weighted by molar-refractivity contribution is 6.04. The van der Waals surface area contributed by atoms with Gasteiger partial charge in [-0.25, -0.2) is 9.97 Å². The molecule has 24 bridgehead atoms. The lowest BCUT2D eigenvalue weighted by molar-refractivity contribution is 0.692. The summed E-state index contributed by atoms with van der Waals surface area (Å²) >= 11 is 0. The molecule has 0 radical (unpaired) electrons. The maximum Gasteiger partial charge on any atom is 0.0738 e. The van der Waals surface area contributed by atoms with E-state index in [1.165, 1.54) is 210 Å². The molecule has 88 heavy (non-hydrogen) atoms. The van der Waals surface area contributed by atoms with E-state index in [9.17, 15) is 0 Å². The number of hydrogen-bond acceptors (Lipinski definition) is 2. The van der Waals surface area contributed by atoms with Gasteiger partial charge < -0.3 is 9.97 Å². The topological polar surface area (TPSA) is 57.4 Å². The molecule has 16 aliphatic carbocycles. The average Bonchev–Trinajstić information content (AvgIpc) is 1.58. The van der Waals surface area contributed by atoms with Gasteiger partial charge in [-0.3, -0.25) is 0 Å². The van der Waals surface area contributed by atoms with Gasteiger partial charge in [0.2, 0.25) is 0 Å². The van der Waals surface area contributed by atoms with Crippen LogP contribution < -0.4 is 0 Å². The van der Waals surface area contributed by atoms with Crippen LogP contribution in [0.3, 0.4) is 0 Å². The highest BCUT2D eigenvalue weighted by Crippen LogP contribution is 2.69. The quantitative estimate of drug-likeness (QED) is 0.184. The Morgan fingerprint density at radius 1 is 0.216 bits per heavy atom. The third-order valence-electron chi connectivity index (χ3n) is 29.9.